The molecule has 2 aromatic heterocycles. The third-order valence-electron chi connectivity index (χ3n) is 4.71. The highest BCUT2D eigenvalue weighted by Crippen LogP contribution is 2.27. The summed E-state index contributed by atoms with van der Waals surface area (Å²) in [6, 6.07) is 18.9. The predicted molar refractivity (Wildman–Crippen MR) is 117 cm³/mol. The molecular formula is C23H21N3O4S. The van der Waals surface area contributed by atoms with Crippen LogP contribution in [0.15, 0.2) is 81.0 Å². The number of carbonyl (C=O) groups excluding carboxylic acids is 1. The van der Waals surface area contributed by atoms with E-state index in [2.05, 4.69) is 15.5 Å². The van der Waals surface area contributed by atoms with Gasteiger partial charge in [-0.25, -0.2) is 0 Å². The van der Waals surface area contributed by atoms with E-state index in [1.54, 1.807) is 19.4 Å². The van der Waals surface area contributed by atoms with Crippen molar-refractivity contribution in [3.05, 3.63) is 83.8 Å². The monoisotopic (exact) mass is 435 g/mol. The topological polar surface area (TPSA) is 90.4 Å². The maximum absolute atomic E-state index is 12.7. The lowest BCUT2D eigenvalue weighted by Crippen LogP contribution is -2.30. The Morgan fingerprint density at radius 3 is 2.48 bits per heavy atom. The van der Waals surface area contributed by atoms with Gasteiger partial charge in [0.2, 0.25) is 5.91 Å². The number of thioether (sulfide) groups is 1. The van der Waals surface area contributed by atoms with Crippen LogP contribution >= 0.6 is 11.8 Å². The van der Waals surface area contributed by atoms with Crippen molar-refractivity contribution in [1.82, 2.24) is 15.5 Å². The lowest BCUT2D eigenvalue weighted by Gasteiger charge is -2.20. The molecule has 0 spiro atoms. The van der Waals surface area contributed by atoms with E-state index in [0.29, 0.717) is 16.9 Å². The third kappa shape index (κ3) is 4.97. The molecule has 2 heterocycles. The predicted octanol–water partition coefficient (Wildman–Crippen LogP) is 4.64. The van der Waals surface area contributed by atoms with Gasteiger partial charge in [0.25, 0.3) is 11.1 Å². The largest absolute Gasteiger partial charge is 0.497 e. The number of nitrogens with one attached hydrogen (secondary N) is 1. The molecule has 4 aromatic rings. The van der Waals surface area contributed by atoms with Gasteiger partial charge in [-0.1, -0.05) is 54.2 Å². The summed E-state index contributed by atoms with van der Waals surface area (Å²) in [5, 5.41) is 11.5. The van der Waals surface area contributed by atoms with E-state index in [4.69, 9.17) is 13.6 Å². The molecule has 0 fully saturated rings. The summed E-state index contributed by atoms with van der Waals surface area (Å²) in [5.74, 6) is 1.83. The van der Waals surface area contributed by atoms with Crippen molar-refractivity contribution in [3.63, 3.8) is 0 Å². The van der Waals surface area contributed by atoms with Crippen LogP contribution in [0.25, 0.3) is 11.5 Å². The van der Waals surface area contributed by atoms with Crippen molar-refractivity contribution < 1.29 is 18.4 Å². The first-order chi connectivity index (χ1) is 15.1. The molecule has 0 radical (unpaired) electrons. The summed E-state index contributed by atoms with van der Waals surface area (Å²) in [4.78, 5) is 12.7. The van der Waals surface area contributed by atoms with E-state index < -0.39 is 0 Å². The van der Waals surface area contributed by atoms with Crippen LogP contribution in [-0.2, 0) is 4.79 Å². The highest BCUT2D eigenvalue weighted by atomic mass is 32.2. The Morgan fingerprint density at radius 2 is 1.81 bits per heavy atom. The van der Waals surface area contributed by atoms with E-state index >= 15 is 0 Å². The number of rotatable bonds is 8. The average Bonchev–Trinajstić information content (AvgIpc) is 3.45. The van der Waals surface area contributed by atoms with E-state index in [1.807, 2.05) is 61.5 Å². The number of furan rings is 1. The van der Waals surface area contributed by atoms with Crippen LogP contribution < -0.4 is 10.1 Å². The van der Waals surface area contributed by atoms with Crippen molar-refractivity contribution in [3.8, 4) is 17.2 Å². The van der Waals surface area contributed by atoms with Crippen molar-refractivity contribution in [1.29, 1.82) is 0 Å². The molecular weight excluding hydrogens is 414 g/mol. The molecule has 1 N–H and O–H groups in total. The Labute approximate surface area is 183 Å². The molecule has 31 heavy (non-hydrogen) atoms. The Morgan fingerprint density at radius 1 is 1.06 bits per heavy atom. The second-order valence-electron chi connectivity index (χ2n) is 6.74. The molecule has 0 unspecified atom stereocenters. The van der Waals surface area contributed by atoms with Crippen LogP contribution in [0, 0.1) is 6.92 Å². The highest BCUT2D eigenvalue weighted by Gasteiger charge is 2.19. The van der Waals surface area contributed by atoms with Gasteiger partial charge in [0, 0.05) is 0 Å². The van der Waals surface area contributed by atoms with Gasteiger partial charge in [0.05, 0.1) is 30.7 Å². The number of hydrogen-bond acceptors (Lipinski definition) is 7. The lowest BCUT2D eigenvalue weighted by atomic mass is 9.98. The van der Waals surface area contributed by atoms with Gasteiger partial charge in [-0.2, -0.15) is 0 Å². The highest BCUT2D eigenvalue weighted by molar-refractivity contribution is 7.99. The molecule has 1 amide bonds. The molecule has 0 bridgehead atoms. The van der Waals surface area contributed by atoms with Crippen LogP contribution in [0.5, 0.6) is 5.75 Å². The molecule has 2 aromatic carbocycles. The normalized spacial score (nSPS) is 11.8. The number of aromatic nitrogens is 2. The minimum Gasteiger partial charge on any atom is -0.497 e. The van der Waals surface area contributed by atoms with Gasteiger partial charge < -0.3 is 18.9 Å². The fraction of sp³-hybridized carbons (Fsp3) is 0.174. The summed E-state index contributed by atoms with van der Waals surface area (Å²) < 4.78 is 16.1. The molecule has 4 rings (SSSR count). The number of hydrogen-bond donors (Lipinski definition) is 1. The molecule has 0 saturated heterocycles. The summed E-state index contributed by atoms with van der Waals surface area (Å²) in [5.41, 5.74) is 2.69. The van der Waals surface area contributed by atoms with Gasteiger partial charge >= 0.3 is 0 Å². The summed E-state index contributed by atoms with van der Waals surface area (Å²) >= 11 is 1.19. The molecule has 0 aliphatic heterocycles. The zero-order valence-corrected chi connectivity index (χ0v) is 17.9. The van der Waals surface area contributed by atoms with Gasteiger partial charge in [0.1, 0.15) is 11.5 Å². The Kier molecular flexibility index (Phi) is 6.37. The van der Waals surface area contributed by atoms with Crippen LogP contribution in [0.3, 0.4) is 0 Å². The standard InChI is InChI=1S/C23H21N3O4S/c1-15-19(12-13-29-15)22-25-26-23(30-22)31-14-20(27)24-21(16-6-4-3-5-7-16)17-8-10-18(28-2)11-9-17/h3-13,21H,14H2,1-2H3,(H,24,27)/t21-/m1/s1. The number of carbonyl (C=O) groups is 1. The lowest BCUT2D eigenvalue weighted by molar-refractivity contribution is -0.119. The van der Waals surface area contributed by atoms with Gasteiger partial charge in [-0.05, 0) is 36.2 Å². The Balaban J connectivity index is 1.44. The van der Waals surface area contributed by atoms with Crippen molar-refractivity contribution in [2.75, 3.05) is 12.9 Å². The van der Waals surface area contributed by atoms with Crippen molar-refractivity contribution in [2.45, 2.75) is 18.2 Å². The first-order valence-corrected chi connectivity index (χ1v) is 10.6. The Hall–Kier alpha value is -3.52. The van der Waals surface area contributed by atoms with E-state index in [0.717, 1.165) is 22.4 Å². The van der Waals surface area contributed by atoms with E-state index in [-0.39, 0.29) is 17.7 Å². The number of benzene rings is 2. The molecule has 7 nitrogen and oxygen atoms in total. The van der Waals surface area contributed by atoms with Crippen LogP contribution in [0.2, 0.25) is 0 Å². The van der Waals surface area contributed by atoms with Crippen LogP contribution in [0.1, 0.15) is 22.9 Å². The summed E-state index contributed by atoms with van der Waals surface area (Å²) in [6.45, 7) is 1.82. The number of aryl methyl sites for hydroxylation is 1. The third-order valence-corrected chi connectivity index (χ3v) is 5.53. The number of ether oxygens (including phenoxy) is 1. The zero-order chi connectivity index (χ0) is 21.6. The van der Waals surface area contributed by atoms with Crippen LogP contribution in [0.4, 0.5) is 0 Å². The SMILES string of the molecule is COc1ccc([C@H](NC(=O)CSc2nnc(-c3ccoc3C)o2)c2ccccc2)cc1. The van der Waals surface area contributed by atoms with E-state index in [1.165, 1.54) is 11.8 Å². The fourth-order valence-electron chi connectivity index (χ4n) is 3.11. The second kappa shape index (κ2) is 9.53. The maximum atomic E-state index is 12.7. The molecule has 8 heteroatoms. The van der Waals surface area contributed by atoms with E-state index in [9.17, 15) is 4.79 Å². The smallest absolute Gasteiger partial charge is 0.277 e. The second-order valence-corrected chi connectivity index (χ2v) is 7.66. The Bertz CT molecular complexity index is 1140. The minimum absolute atomic E-state index is 0.144. The first kappa shape index (κ1) is 20.7. The number of nitrogens with zero attached hydrogens (tertiary/aromatic N) is 2. The summed E-state index contributed by atoms with van der Waals surface area (Å²) in [7, 11) is 1.62. The van der Waals surface area contributed by atoms with Crippen LogP contribution in [-0.4, -0.2) is 29.0 Å². The fourth-order valence-corrected chi connectivity index (χ4v) is 3.69. The molecule has 0 saturated carbocycles. The molecule has 158 valence electrons. The average molecular weight is 436 g/mol. The minimum atomic E-state index is -0.285. The van der Waals surface area contributed by atoms with Gasteiger partial charge in [-0.15, -0.1) is 10.2 Å². The number of methoxy groups -OCH3 is 1. The van der Waals surface area contributed by atoms with Crippen molar-refractivity contribution in [2.24, 2.45) is 0 Å². The zero-order valence-electron chi connectivity index (χ0n) is 17.1. The van der Waals surface area contributed by atoms with Gasteiger partial charge in [-0.3, -0.25) is 4.79 Å². The molecule has 0 aliphatic rings. The first-order valence-electron chi connectivity index (χ1n) is 9.63. The van der Waals surface area contributed by atoms with Crippen molar-refractivity contribution >= 4 is 17.7 Å². The summed E-state index contributed by atoms with van der Waals surface area (Å²) in [6.07, 6.45) is 1.57. The quantitative estimate of drug-likeness (QED) is 0.403. The molecule has 0 aliphatic carbocycles. The molecule has 1 atom stereocenters. The van der Waals surface area contributed by atoms with Gasteiger partial charge in [0.15, 0.2) is 0 Å². The number of amides is 1. The maximum Gasteiger partial charge on any atom is 0.277 e.